The van der Waals surface area contributed by atoms with E-state index in [4.69, 9.17) is 24.0 Å². The summed E-state index contributed by atoms with van der Waals surface area (Å²) in [7, 11) is -4.42. The maximum absolute atomic E-state index is 10.7. The predicted octanol–water partition coefficient (Wildman–Crippen LogP) is -0.125. The van der Waals surface area contributed by atoms with Crippen LogP contribution in [-0.2, 0) is 32.8 Å². The molecule has 0 spiro atoms. The molecule has 0 radical (unpaired) electrons. The molecule has 0 amide bonds. The summed E-state index contributed by atoms with van der Waals surface area (Å²) in [6.45, 7) is 4.89. The number of phosphoric acid groups is 1. The number of phosphoric ester groups is 1. The largest absolute Gasteiger partial charge is 0.469 e. The Hall–Kier alpha value is -0.800. The Morgan fingerprint density at radius 1 is 0.905 bits per heavy atom. The van der Waals surface area contributed by atoms with Crippen molar-refractivity contribution in [3.8, 4) is 0 Å². The van der Waals surface area contributed by atoms with Crippen LogP contribution in [0.3, 0.4) is 0 Å². The lowest BCUT2D eigenvalue weighted by atomic mass is 10.6. The molecule has 9 nitrogen and oxygen atoms in total. The van der Waals surface area contributed by atoms with Gasteiger partial charge in [-0.1, -0.05) is 6.58 Å². The molecule has 0 aliphatic rings. The standard InChI is InChI=1S/C11H21O9P/c1-2-11(12)19-9-7-17-5-3-16-4-6-18-8-10-20-21(13,14)15/h2H,1,3-10H2,(H2,13,14,15). The van der Waals surface area contributed by atoms with Crippen LogP contribution in [-0.4, -0.2) is 68.6 Å². The zero-order valence-electron chi connectivity index (χ0n) is 11.6. The minimum Gasteiger partial charge on any atom is -0.460 e. The van der Waals surface area contributed by atoms with Crippen molar-refractivity contribution in [3.63, 3.8) is 0 Å². The lowest BCUT2D eigenvalue weighted by molar-refractivity contribution is -0.139. The molecule has 0 saturated heterocycles. The highest BCUT2D eigenvalue weighted by atomic mass is 31.2. The smallest absolute Gasteiger partial charge is 0.460 e. The van der Waals surface area contributed by atoms with Crippen LogP contribution in [0.2, 0.25) is 0 Å². The van der Waals surface area contributed by atoms with E-state index in [0.29, 0.717) is 19.8 Å². The van der Waals surface area contributed by atoms with E-state index in [1.54, 1.807) is 0 Å². The van der Waals surface area contributed by atoms with Gasteiger partial charge in [0, 0.05) is 6.08 Å². The van der Waals surface area contributed by atoms with E-state index < -0.39 is 13.8 Å². The van der Waals surface area contributed by atoms with Gasteiger partial charge in [0.15, 0.2) is 0 Å². The predicted molar refractivity (Wildman–Crippen MR) is 71.6 cm³/mol. The van der Waals surface area contributed by atoms with Gasteiger partial charge in [0.1, 0.15) is 6.61 Å². The number of carbonyl (C=O) groups is 1. The van der Waals surface area contributed by atoms with Gasteiger partial charge < -0.3 is 28.7 Å². The summed E-state index contributed by atoms with van der Waals surface area (Å²) in [5, 5.41) is 0. The van der Waals surface area contributed by atoms with Crippen molar-refractivity contribution < 1.29 is 42.6 Å². The summed E-state index contributed by atoms with van der Waals surface area (Å²) >= 11 is 0. The van der Waals surface area contributed by atoms with E-state index in [0.717, 1.165) is 6.08 Å². The molecule has 0 aromatic rings. The molecule has 0 aromatic carbocycles. The summed E-state index contributed by atoms with van der Waals surface area (Å²) in [5.74, 6) is -0.491. The van der Waals surface area contributed by atoms with E-state index >= 15 is 0 Å². The maximum atomic E-state index is 10.7. The first kappa shape index (κ1) is 20.2. The Bertz CT molecular complexity index is 328. The molecule has 0 unspecified atom stereocenters. The normalized spacial score (nSPS) is 11.3. The molecule has 2 N–H and O–H groups in total. The van der Waals surface area contributed by atoms with E-state index in [2.05, 4.69) is 15.8 Å². The fourth-order valence-corrected chi connectivity index (χ4v) is 1.33. The zero-order valence-corrected chi connectivity index (χ0v) is 12.5. The molecule has 0 atom stereocenters. The van der Waals surface area contributed by atoms with Crippen molar-refractivity contribution in [3.05, 3.63) is 12.7 Å². The Kier molecular flexibility index (Phi) is 12.4. The average Bonchev–Trinajstić information content (AvgIpc) is 2.42. The van der Waals surface area contributed by atoms with Gasteiger partial charge in [-0.05, 0) is 0 Å². The SMILES string of the molecule is C=CC(=O)OCCOCCOCCOCCOP(=O)(O)O. The van der Waals surface area contributed by atoms with Gasteiger partial charge in [0.05, 0.1) is 46.2 Å². The summed E-state index contributed by atoms with van der Waals surface area (Å²) in [5.41, 5.74) is 0. The highest BCUT2D eigenvalue weighted by Gasteiger charge is 2.12. The molecular weight excluding hydrogens is 307 g/mol. The van der Waals surface area contributed by atoms with Gasteiger partial charge in [0.25, 0.3) is 0 Å². The van der Waals surface area contributed by atoms with Crippen LogP contribution >= 0.6 is 7.82 Å². The van der Waals surface area contributed by atoms with Crippen molar-refractivity contribution >= 4 is 13.8 Å². The van der Waals surface area contributed by atoms with Gasteiger partial charge >= 0.3 is 13.8 Å². The summed E-state index contributed by atoms with van der Waals surface area (Å²) in [6, 6.07) is 0. The summed E-state index contributed by atoms with van der Waals surface area (Å²) in [6.07, 6.45) is 1.08. The van der Waals surface area contributed by atoms with Crippen molar-refractivity contribution in [1.82, 2.24) is 0 Å². The van der Waals surface area contributed by atoms with E-state index in [9.17, 15) is 9.36 Å². The quantitative estimate of drug-likeness (QED) is 0.194. The third-order valence-electron chi connectivity index (χ3n) is 1.87. The lowest BCUT2D eigenvalue weighted by Crippen LogP contribution is -2.13. The van der Waals surface area contributed by atoms with Gasteiger partial charge in [-0.3, -0.25) is 4.52 Å². The molecular formula is C11H21O9P. The maximum Gasteiger partial charge on any atom is 0.469 e. The Morgan fingerprint density at radius 3 is 1.76 bits per heavy atom. The number of hydrogen-bond acceptors (Lipinski definition) is 7. The Balaban J connectivity index is 3.11. The van der Waals surface area contributed by atoms with Crippen LogP contribution < -0.4 is 0 Å². The number of carbonyl (C=O) groups excluding carboxylic acids is 1. The van der Waals surface area contributed by atoms with E-state index in [1.165, 1.54) is 0 Å². The first-order valence-electron chi connectivity index (χ1n) is 6.18. The molecule has 0 saturated carbocycles. The third-order valence-corrected chi connectivity index (χ3v) is 2.39. The molecule has 0 fully saturated rings. The molecule has 21 heavy (non-hydrogen) atoms. The van der Waals surface area contributed by atoms with Crippen LogP contribution in [0.5, 0.6) is 0 Å². The summed E-state index contributed by atoms with van der Waals surface area (Å²) < 4.78 is 34.5. The Morgan fingerprint density at radius 2 is 1.33 bits per heavy atom. The van der Waals surface area contributed by atoms with Crippen molar-refractivity contribution in [2.24, 2.45) is 0 Å². The first-order valence-corrected chi connectivity index (χ1v) is 7.71. The number of ether oxygens (including phenoxy) is 4. The topological polar surface area (TPSA) is 121 Å². The van der Waals surface area contributed by atoms with Crippen LogP contribution in [0.4, 0.5) is 0 Å². The van der Waals surface area contributed by atoms with Crippen LogP contribution in [0.1, 0.15) is 0 Å². The molecule has 0 bridgehead atoms. The van der Waals surface area contributed by atoms with Gasteiger partial charge in [-0.15, -0.1) is 0 Å². The van der Waals surface area contributed by atoms with Gasteiger partial charge in [-0.25, -0.2) is 9.36 Å². The second-order valence-electron chi connectivity index (χ2n) is 3.53. The van der Waals surface area contributed by atoms with Crippen molar-refractivity contribution in [1.29, 1.82) is 0 Å². The molecule has 124 valence electrons. The lowest BCUT2D eigenvalue weighted by Gasteiger charge is -2.07. The summed E-state index contributed by atoms with van der Waals surface area (Å²) in [4.78, 5) is 27.4. The third kappa shape index (κ3) is 17.1. The van der Waals surface area contributed by atoms with Crippen molar-refractivity contribution in [2.75, 3.05) is 52.9 Å². The zero-order chi connectivity index (χ0) is 16.0. The van der Waals surface area contributed by atoms with Crippen LogP contribution in [0, 0.1) is 0 Å². The second-order valence-corrected chi connectivity index (χ2v) is 4.77. The molecule has 0 aliphatic heterocycles. The highest BCUT2D eigenvalue weighted by Crippen LogP contribution is 2.35. The van der Waals surface area contributed by atoms with Crippen LogP contribution in [0.25, 0.3) is 0 Å². The Labute approximate surface area is 123 Å². The first-order chi connectivity index (χ1) is 9.95. The molecule has 0 rings (SSSR count). The average molecular weight is 328 g/mol. The van der Waals surface area contributed by atoms with Crippen LogP contribution in [0.15, 0.2) is 12.7 Å². The minimum absolute atomic E-state index is 0.0691. The van der Waals surface area contributed by atoms with Crippen molar-refractivity contribution in [2.45, 2.75) is 0 Å². The van der Waals surface area contributed by atoms with E-state index in [1.807, 2.05) is 0 Å². The number of hydrogen-bond donors (Lipinski definition) is 2. The fraction of sp³-hybridized carbons (Fsp3) is 0.727. The number of rotatable bonds is 14. The van der Waals surface area contributed by atoms with Gasteiger partial charge in [0.2, 0.25) is 0 Å². The molecule has 10 heteroatoms. The molecule has 0 aliphatic carbocycles. The fourth-order valence-electron chi connectivity index (χ4n) is 1.02. The monoisotopic (exact) mass is 328 g/mol. The second kappa shape index (κ2) is 12.9. The minimum atomic E-state index is -4.42. The highest BCUT2D eigenvalue weighted by molar-refractivity contribution is 7.46. The molecule has 0 heterocycles. The van der Waals surface area contributed by atoms with E-state index in [-0.39, 0.29) is 33.0 Å². The number of esters is 1. The molecule has 0 aromatic heterocycles. The van der Waals surface area contributed by atoms with Gasteiger partial charge in [-0.2, -0.15) is 0 Å².